The number of halogens is 3. The van der Waals surface area contributed by atoms with Crippen LogP contribution in [0.15, 0.2) is 70.7 Å². The van der Waals surface area contributed by atoms with Gasteiger partial charge in [-0.15, -0.1) is 0 Å². The molecule has 1 atom stereocenters. The lowest BCUT2D eigenvalue weighted by Crippen LogP contribution is -2.29. The molecule has 1 heterocycles. The molecule has 1 N–H and O–H groups in total. The molecule has 1 amide bonds. The number of aliphatic hydroxyl groups is 1. The fourth-order valence-electron chi connectivity index (χ4n) is 3.81. The van der Waals surface area contributed by atoms with Crippen LogP contribution in [-0.2, 0) is 9.59 Å². The Kier molecular flexibility index (Phi) is 6.28. The molecule has 33 heavy (non-hydrogen) atoms. The van der Waals surface area contributed by atoms with Crippen LogP contribution in [-0.4, -0.2) is 23.9 Å². The Balaban J connectivity index is 1.97. The molecule has 4 rings (SSSR count). The minimum absolute atomic E-state index is 0.0876. The summed E-state index contributed by atoms with van der Waals surface area (Å²) < 4.78 is 20.0. The SMILES string of the molecule is COc1cccc(C2/C(=C(\O)c3ccc(Br)c(C)c3)C(=O)C(=O)N2c2ccc(F)c(Cl)c2)c1. The summed E-state index contributed by atoms with van der Waals surface area (Å²) in [5.41, 5.74) is 1.90. The summed E-state index contributed by atoms with van der Waals surface area (Å²) in [5.74, 6) is -2.18. The number of nitrogens with zero attached hydrogens (tertiary/aromatic N) is 1. The molecular weight excluding hydrogens is 513 g/mol. The monoisotopic (exact) mass is 529 g/mol. The number of carbonyl (C=O) groups is 2. The highest BCUT2D eigenvalue weighted by Gasteiger charge is 2.47. The Labute approximate surface area is 203 Å². The first-order valence-corrected chi connectivity index (χ1v) is 11.1. The summed E-state index contributed by atoms with van der Waals surface area (Å²) in [6, 6.07) is 14.7. The second-order valence-electron chi connectivity index (χ2n) is 7.51. The molecular formula is C25H18BrClFNO4. The van der Waals surface area contributed by atoms with E-state index >= 15 is 0 Å². The van der Waals surface area contributed by atoms with Gasteiger partial charge >= 0.3 is 0 Å². The van der Waals surface area contributed by atoms with E-state index in [2.05, 4.69) is 15.9 Å². The third-order valence-electron chi connectivity index (χ3n) is 5.47. The Morgan fingerprint density at radius 2 is 1.88 bits per heavy atom. The number of carbonyl (C=O) groups excluding carboxylic acids is 2. The normalized spacial score (nSPS) is 17.5. The third-order valence-corrected chi connectivity index (χ3v) is 6.65. The minimum atomic E-state index is -0.981. The van der Waals surface area contributed by atoms with Gasteiger partial charge in [0.25, 0.3) is 11.7 Å². The number of hydrogen-bond acceptors (Lipinski definition) is 4. The summed E-state index contributed by atoms with van der Waals surface area (Å²) in [5, 5.41) is 11.0. The average Bonchev–Trinajstić information content (AvgIpc) is 3.07. The van der Waals surface area contributed by atoms with Crippen molar-refractivity contribution < 1.29 is 23.8 Å². The number of ether oxygens (including phenoxy) is 1. The van der Waals surface area contributed by atoms with Crippen LogP contribution in [0.1, 0.15) is 22.7 Å². The fraction of sp³-hybridized carbons (Fsp3) is 0.120. The average molecular weight is 531 g/mol. The number of aryl methyl sites for hydroxylation is 1. The molecule has 3 aromatic rings. The number of aliphatic hydroxyl groups excluding tert-OH is 1. The van der Waals surface area contributed by atoms with Crippen LogP contribution in [0.4, 0.5) is 10.1 Å². The highest BCUT2D eigenvalue weighted by molar-refractivity contribution is 9.10. The molecule has 0 aliphatic carbocycles. The lowest BCUT2D eigenvalue weighted by atomic mass is 9.94. The molecule has 3 aromatic carbocycles. The van der Waals surface area contributed by atoms with Crippen molar-refractivity contribution in [3.63, 3.8) is 0 Å². The minimum Gasteiger partial charge on any atom is -0.507 e. The van der Waals surface area contributed by atoms with Crippen molar-refractivity contribution in [1.82, 2.24) is 0 Å². The predicted octanol–water partition coefficient (Wildman–Crippen LogP) is 6.18. The van der Waals surface area contributed by atoms with E-state index in [9.17, 15) is 19.1 Å². The number of benzene rings is 3. The fourth-order valence-corrected chi connectivity index (χ4v) is 4.23. The molecule has 0 saturated carbocycles. The molecule has 1 fully saturated rings. The zero-order valence-corrected chi connectivity index (χ0v) is 19.9. The van der Waals surface area contributed by atoms with Gasteiger partial charge < -0.3 is 9.84 Å². The van der Waals surface area contributed by atoms with Gasteiger partial charge in [0.1, 0.15) is 17.3 Å². The maximum Gasteiger partial charge on any atom is 0.300 e. The standard InChI is InChI=1S/C25H18BrClFNO4/c1-13-10-15(6-8-18(13)26)23(30)21-22(14-4-3-5-17(11-14)33-2)29(25(32)24(21)31)16-7-9-20(28)19(27)12-16/h3-12,22,30H,1-2H3/b23-21+. The largest absolute Gasteiger partial charge is 0.507 e. The van der Waals surface area contributed by atoms with Gasteiger partial charge in [-0.1, -0.05) is 45.7 Å². The highest BCUT2D eigenvalue weighted by Crippen LogP contribution is 2.43. The first kappa shape index (κ1) is 23.0. The summed E-state index contributed by atoms with van der Waals surface area (Å²) in [6.45, 7) is 1.85. The molecule has 1 aliphatic rings. The molecule has 1 saturated heterocycles. The Bertz CT molecular complexity index is 1320. The number of amides is 1. The zero-order valence-electron chi connectivity index (χ0n) is 17.6. The predicted molar refractivity (Wildman–Crippen MR) is 128 cm³/mol. The molecule has 0 radical (unpaired) electrons. The van der Waals surface area contributed by atoms with Crippen molar-refractivity contribution in [2.24, 2.45) is 0 Å². The van der Waals surface area contributed by atoms with E-state index in [1.807, 2.05) is 6.92 Å². The summed E-state index contributed by atoms with van der Waals surface area (Å²) in [7, 11) is 1.50. The quantitative estimate of drug-likeness (QED) is 0.248. The Hall–Kier alpha value is -3.16. The van der Waals surface area contributed by atoms with Crippen LogP contribution < -0.4 is 9.64 Å². The van der Waals surface area contributed by atoms with Gasteiger partial charge in [-0.3, -0.25) is 14.5 Å². The van der Waals surface area contributed by atoms with E-state index in [0.717, 1.165) is 16.1 Å². The van der Waals surface area contributed by atoms with E-state index < -0.39 is 23.5 Å². The maximum atomic E-state index is 13.8. The summed E-state index contributed by atoms with van der Waals surface area (Å²) in [6.07, 6.45) is 0. The molecule has 0 spiro atoms. The van der Waals surface area contributed by atoms with Crippen LogP contribution in [0.3, 0.4) is 0 Å². The first-order valence-electron chi connectivity index (χ1n) is 9.89. The van der Waals surface area contributed by atoms with E-state index in [0.29, 0.717) is 16.9 Å². The van der Waals surface area contributed by atoms with Crippen LogP contribution in [0.25, 0.3) is 5.76 Å². The van der Waals surface area contributed by atoms with E-state index in [1.54, 1.807) is 42.5 Å². The Morgan fingerprint density at radius 1 is 1.12 bits per heavy atom. The highest BCUT2D eigenvalue weighted by atomic mass is 79.9. The van der Waals surface area contributed by atoms with Crippen molar-refractivity contribution in [2.45, 2.75) is 13.0 Å². The van der Waals surface area contributed by atoms with Crippen molar-refractivity contribution in [2.75, 3.05) is 12.0 Å². The number of Topliss-reactive ketones (excluding diaryl/α,β-unsaturated/α-hetero) is 1. The number of rotatable bonds is 4. The topological polar surface area (TPSA) is 66.8 Å². The van der Waals surface area contributed by atoms with Gasteiger partial charge in [0, 0.05) is 15.7 Å². The first-order chi connectivity index (χ1) is 15.7. The molecule has 0 bridgehead atoms. The van der Waals surface area contributed by atoms with Gasteiger partial charge in [-0.05, 0) is 60.5 Å². The number of hydrogen-bond donors (Lipinski definition) is 1. The van der Waals surface area contributed by atoms with Gasteiger partial charge in [0.05, 0.1) is 23.7 Å². The Morgan fingerprint density at radius 3 is 2.55 bits per heavy atom. The lowest BCUT2D eigenvalue weighted by molar-refractivity contribution is -0.132. The van der Waals surface area contributed by atoms with Crippen LogP contribution in [0.5, 0.6) is 5.75 Å². The molecule has 1 aliphatic heterocycles. The van der Waals surface area contributed by atoms with Crippen LogP contribution >= 0.6 is 27.5 Å². The second-order valence-corrected chi connectivity index (χ2v) is 8.77. The van der Waals surface area contributed by atoms with Crippen molar-refractivity contribution in [3.05, 3.63) is 98.2 Å². The van der Waals surface area contributed by atoms with Crippen molar-refractivity contribution in [3.8, 4) is 5.75 Å². The molecule has 5 nitrogen and oxygen atoms in total. The third kappa shape index (κ3) is 4.14. The summed E-state index contributed by atoms with van der Waals surface area (Å²) >= 11 is 9.38. The van der Waals surface area contributed by atoms with Crippen LogP contribution in [0.2, 0.25) is 5.02 Å². The zero-order chi connectivity index (χ0) is 23.9. The van der Waals surface area contributed by atoms with Crippen molar-refractivity contribution in [1.29, 1.82) is 0 Å². The molecule has 1 unspecified atom stereocenters. The smallest absolute Gasteiger partial charge is 0.300 e. The number of ketones is 1. The van der Waals surface area contributed by atoms with Crippen LogP contribution in [0, 0.1) is 12.7 Å². The molecule has 8 heteroatoms. The van der Waals surface area contributed by atoms with Gasteiger partial charge in [-0.25, -0.2) is 4.39 Å². The van der Waals surface area contributed by atoms with Gasteiger partial charge in [0.2, 0.25) is 0 Å². The molecule has 168 valence electrons. The van der Waals surface area contributed by atoms with Gasteiger partial charge in [-0.2, -0.15) is 0 Å². The molecule has 0 aromatic heterocycles. The van der Waals surface area contributed by atoms with Crippen molar-refractivity contribution >= 4 is 50.7 Å². The van der Waals surface area contributed by atoms with E-state index in [1.165, 1.54) is 24.1 Å². The van der Waals surface area contributed by atoms with E-state index in [-0.39, 0.29) is 22.0 Å². The lowest BCUT2D eigenvalue weighted by Gasteiger charge is -2.26. The second kappa shape index (κ2) is 9.00. The van der Waals surface area contributed by atoms with Gasteiger partial charge in [0.15, 0.2) is 0 Å². The maximum absolute atomic E-state index is 13.8. The number of anilines is 1. The summed E-state index contributed by atoms with van der Waals surface area (Å²) in [4.78, 5) is 27.6. The number of methoxy groups -OCH3 is 1. The van der Waals surface area contributed by atoms with E-state index in [4.69, 9.17) is 16.3 Å².